The molecule has 0 saturated heterocycles. The zero-order valence-electron chi connectivity index (χ0n) is 11.6. The molecule has 5 heteroatoms. The molecule has 104 valence electrons. The Morgan fingerprint density at radius 3 is 2.68 bits per heavy atom. The van der Waals surface area contributed by atoms with Crippen molar-refractivity contribution in [1.29, 1.82) is 0 Å². The van der Waals surface area contributed by atoms with Crippen LogP contribution in [0.4, 0.5) is 5.82 Å². The molecule has 0 aliphatic heterocycles. The summed E-state index contributed by atoms with van der Waals surface area (Å²) in [5.74, 6) is 1.42. The number of hydrogen-bond acceptors (Lipinski definition) is 4. The zero-order valence-corrected chi connectivity index (χ0v) is 12.4. The lowest BCUT2D eigenvalue weighted by Gasteiger charge is -2.38. The summed E-state index contributed by atoms with van der Waals surface area (Å²) < 4.78 is 6.10. The van der Waals surface area contributed by atoms with Crippen LogP contribution >= 0.6 is 11.6 Å². The van der Waals surface area contributed by atoms with Crippen LogP contribution in [0.15, 0.2) is 6.33 Å². The number of nitrogens with two attached hydrogens (primary N) is 1. The Labute approximate surface area is 118 Å². The van der Waals surface area contributed by atoms with Crippen molar-refractivity contribution in [1.82, 2.24) is 9.97 Å². The second-order valence-electron chi connectivity index (χ2n) is 6.59. The van der Waals surface area contributed by atoms with Crippen LogP contribution in [0.5, 0.6) is 5.88 Å². The first kappa shape index (κ1) is 13.0. The fourth-order valence-electron chi connectivity index (χ4n) is 3.89. The molecular formula is C14H20ClN3O. The van der Waals surface area contributed by atoms with Gasteiger partial charge in [0.2, 0.25) is 5.88 Å². The maximum absolute atomic E-state index is 6.12. The lowest BCUT2D eigenvalue weighted by atomic mass is 9.70. The first-order valence-electron chi connectivity index (χ1n) is 6.79. The highest BCUT2D eigenvalue weighted by Crippen LogP contribution is 2.66. The van der Waals surface area contributed by atoms with Gasteiger partial charge in [-0.3, -0.25) is 0 Å². The molecule has 1 aromatic heterocycles. The van der Waals surface area contributed by atoms with Gasteiger partial charge in [-0.1, -0.05) is 32.4 Å². The van der Waals surface area contributed by atoms with Crippen molar-refractivity contribution in [2.24, 2.45) is 16.7 Å². The minimum absolute atomic E-state index is 0.160. The van der Waals surface area contributed by atoms with Crippen molar-refractivity contribution in [2.45, 2.75) is 46.1 Å². The molecular weight excluding hydrogens is 262 g/mol. The minimum atomic E-state index is 0.160. The molecule has 0 amide bonds. The van der Waals surface area contributed by atoms with E-state index in [0.717, 1.165) is 12.3 Å². The van der Waals surface area contributed by atoms with Crippen molar-refractivity contribution in [2.75, 3.05) is 5.73 Å². The van der Waals surface area contributed by atoms with Gasteiger partial charge in [0.1, 0.15) is 23.3 Å². The van der Waals surface area contributed by atoms with Crippen LogP contribution in [0, 0.1) is 16.7 Å². The summed E-state index contributed by atoms with van der Waals surface area (Å²) in [4.78, 5) is 7.98. The Kier molecular flexibility index (Phi) is 2.72. The van der Waals surface area contributed by atoms with Gasteiger partial charge in [-0.2, -0.15) is 0 Å². The molecule has 2 fully saturated rings. The third-order valence-corrected chi connectivity index (χ3v) is 6.11. The average molecular weight is 282 g/mol. The van der Waals surface area contributed by atoms with E-state index in [-0.39, 0.29) is 17.3 Å². The maximum Gasteiger partial charge on any atom is 0.238 e. The van der Waals surface area contributed by atoms with Gasteiger partial charge < -0.3 is 10.5 Å². The SMILES string of the molecule is CC1(C)C2CCC1(C)C(Oc1ncnc(N)c1Cl)C2. The van der Waals surface area contributed by atoms with Crippen LogP contribution in [0.25, 0.3) is 0 Å². The number of halogens is 1. The fraction of sp³-hybridized carbons (Fsp3) is 0.714. The van der Waals surface area contributed by atoms with Gasteiger partial charge in [0.25, 0.3) is 0 Å². The number of hydrogen-bond donors (Lipinski definition) is 1. The lowest BCUT2D eigenvalue weighted by Crippen LogP contribution is -2.39. The number of ether oxygens (including phenoxy) is 1. The molecule has 1 aromatic rings. The molecule has 4 nitrogen and oxygen atoms in total. The van der Waals surface area contributed by atoms with E-state index in [1.165, 1.54) is 19.2 Å². The molecule has 3 unspecified atom stereocenters. The van der Waals surface area contributed by atoms with E-state index in [9.17, 15) is 0 Å². The standard InChI is InChI=1S/C14H20ClN3O/c1-13(2)8-4-5-14(13,3)9(6-8)19-12-10(15)11(16)17-7-18-12/h7-9H,4-6H2,1-3H3,(H2,16,17,18). The van der Waals surface area contributed by atoms with Crippen molar-refractivity contribution in [3.8, 4) is 5.88 Å². The number of rotatable bonds is 2. The Morgan fingerprint density at radius 2 is 2.11 bits per heavy atom. The van der Waals surface area contributed by atoms with Crippen molar-refractivity contribution >= 4 is 17.4 Å². The monoisotopic (exact) mass is 281 g/mol. The van der Waals surface area contributed by atoms with Gasteiger partial charge in [0, 0.05) is 5.41 Å². The summed E-state index contributed by atoms with van der Waals surface area (Å²) in [6.45, 7) is 7.02. The van der Waals surface area contributed by atoms with Gasteiger partial charge in [-0.25, -0.2) is 9.97 Å². The molecule has 2 aliphatic rings. The molecule has 2 N–H and O–H groups in total. The van der Waals surface area contributed by atoms with Crippen LogP contribution in [-0.2, 0) is 0 Å². The van der Waals surface area contributed by atoms with E-state index < -0.39 is 0 Å². The van der Waals surface area contributed by atoms with Gasteiger partial charge in [-0.05, 0) is 30.6 Å². The highest BCUT2D eigenvalue weighted by molar-refractivity contribution is 6.33. The fourth-order valence-corrected chi connectivity index (χ4v) is 4.03. The number of nitrogens with zero attached hydrogens (tertiary/aromatic N) is 2. The molecule has 0 spiro atoms. The van der Waals surface area contributed by atoms with Gasteiger partial charge in [0.15, 0.2) is 0 Å². The van der Waals surface area contributed by atoms with E-state index in [4.69, 9.17) is 22.1 Å². The number of anilines is 1. The summed E-state index contributed by atoms with van der Waals surface area (Å²) in [6, 6.07) is 0. The molecule has 3 rings (SSSR count). The molecule has 2 saturated carbocycles. The molecule has 19 heavy (non-hydrogen) atoms. The maximum atomic E-state index is 6.12. The summed E-state index contributed by atoms with van der Waals surface area (Å²) in [7, 11) is 0. The number of aromatic nitrogens is 2. The van der Waals surface area contributed by atoms with Crippen LogP contribution in [0.1, 0.15) is 40.0 Å². The Balaban J connectivity index is 1.88. The second-order valence-corrected chi connectivity index (χ2v) is 6.97. The zero-order chi connectivity index (χ0) is 13.8. The average Bonchev–Trinajstić information content (AvgIpc) is 2.68. The van der Waals surface area contributed by atoms with Crippen LogP contribution in [0.3, 0.4) is 0 Å². The molecule has 0 radical (unpaired) electrons. The van der Waals surface area contributed by atoms with Crippen LogP contribution in [0.2, 0.25) is 5.02 Å². The Bertz CT molecular complexity index is 519. The number of nitrogen functional groups attached to an aromatic ring is 1. The molecule has 1 heterocycles. The smallest absolute Gasteiger partial charge is 0.238 e. The summed E-state index contributed by atoms with van der Waals surface area (Å²) in [5, 5.41) is 0.326. The summed E-state index contributed by atoms with van der Waals surface area (Å²) in [5.41, 5.74) is 6.18. The number of fused-ring (bicyclic) bond motifs is 2. The Hall–Kier alpha value is -1.03. The van der Waals surface area contributed by atoms with Crippen molar-refractivity contribution < 1.29 is 4.74 Å². The first-order chi connectivity index (χ1) is 8.86. The topological polar surface area (TPSA) is 61.0 Å². The largest absolute Gasteiger partial charge is 0.473 e. The van der Waals surface area contributed by atoms with Gasteiger partial charge in [0.05, 0.1) is 0 Å². The van der Waals surface area contributed by atoms with E-state index in [1.54, 1.807) is 0 Å². The highest BCUT2D eigenvalue weighted by atomic mass is 35.5. The third kappa shape index (κ3) is 1.65. The van der Waals surface area contributed by atoms with Crippen molar-refractivity contribution in [3.05, 3.63) is 11.3 Å². The van der Waals surface area contributed by atoms with Crippen molar-refractivity contribution in [3.63, 3.8) is 0 Å². The molecule has 2 bridgehead atoms. The quantitative estimate of drug-likeness (QED) is 0.903. The van der Waals surface area contributed by atoms with Crippen LogP contribution in [-0.4, -0.2) is 16.1 Å². The van der Waals surface area contributed by atoms with Gasteiger partial charge in [-0.15, -0.1) is 0 Å². The second kappa shape index (κ2) is 3.98. The minimum Gasteiger partial charge on any atom is -0.473 e. The van der Waals surface area contributed by atoms with Crippen LogP contribution < -0.4 is 10.5 Å². The van der Waals surface area contributed by atoms with E-state index in [1.807, 2.05) is 0 Å². The molecule has 0 aromatic carbocycles. The van der Waals surface area contributed by atoms with E-state index >= 15 is 0 Å². The normalized spacial score (nSPS) is 35.6. The molecule has 2 aliphatic carbocycles. The Morgan fingerprint density at radius 1 is 1.37 bits per heavy atom. The predicted octanol–water partition coefficient (Wildman–Crippen LogP) is 3.31. The third-order valence-electron chi connectivity index (χ3n) is 5.75. The van der Waals surface area contributed by atoms with Gasteiger partial charge >= 0.3 is 0 Å². The lowest BCUT2D eigenvalue weighted by molar-refractivity contribution is 0.0273. The highest BCUT2D eigenvalue weighted by Gasteiger charge is 2.62. The summed E-state index contributed by atoms with van der Waals surface area (Å²) in [6.07, 6.45) is 5.13. The molecule has 3 atom stereocenters. The van der Waals surface area contributed by atoms with E-state index in [2.05, 4.69) is 30.7 Å². The van der Waals surface area contributed by atoms with E-state index in [0.29, 0.717) is 16.3 Å². The summed E-state index contributed by atoms with van der Waals surface area (Å²) >= 11 is 6.12. The first-order valence-corrected chi connectivity index (χ1v) is 7.16. The predicted molar refractivity (Wildman–Crippen MR) is 75.1 cm³/mol.